The Labute approximate surface area is 149 Å². The number of carbonyl (C=O) groups excluding carboxylic acids is 1. The number of rotatable bonds is 3. The highest BCUT2D eigenvalue weighted by Crippen LogP contribution is 2.26. The molecule has 0 bridgehead atoms. The van der Waals surface area contributed by atoms with Gasteiger partial charge in [-0.2, -0.15) is 4.31 Å². The second-order valence-electron chi connectivity index (χ2n) is 6.30. The molecular formula is C16H24ClN3O3S. The molecule has 1 fully saturated rings. The molecule has 0 aromatic heterocycles. The van der Waals surface area contributed by atoms with Crippen LogP contribution >= 0.6 is 12.4 Å². The molecule has 2 N–H and O–H groups in total. The van der Waals surface area contributed by atoms with Crippen LogP contribution in [0.2, 0.25) is 0 Å². The van der Waals surface area contributed by atoms with E-state index in [1.165, 1.54) is 9.87 Å². The van der Waals surface area contributed by atoms with Crippen LogP contribution < -0.4 is 5.73 Å². The van der Waals surface area contributed by atoms with Crippen LogP contribution in [0.5, 0.6) is 0 Å². The fraction of sp³-hybridized carbons (Fsp3) is 0.562. The second-order valence-corrected chi connectivity index (χ2v) is 8.24. The van der Waals surface area contributed by atoms with Gasteiger partial charge >= 0.3 is 0 Å². The van der Waals surface area contributed by atoms with Gasteiger partial charge in [-0.1, -0.05) is 6.07 Å². The van der Waals surface area contributed by atoms with E-state index >= 15 is 0 Å². The van der Waals surface area contributed by atoms with Crippen molar-refractivity contribution in [3.8, 4) is 0 Å². The number of nitrogens with two attached hydrogens (primary N) is 1. The number of nitrogens with zero attached hydrogens (tertiary/aromatic N) is 2. The van der Waals surface area contributed by atoms with Crippen LogP contribution in [0.1, 0.15) is 24.5 Å². The number of amides is 1. The number of piperazine rings is 1. The zero-order chi connectivity index (χ0) is 16.6. The van der Waals surface area contributed by atoms with Crippen LogP contribution in [0.25, 0.3) is 0 Å². The van der Waals surface area contributed by atoms with E-state index < -0.39 is 16.1 Å². The van der Waals surface area contributed by atoms with Crippen LogP contribution in [0.3, 0.4) is 0 Å². The van der Waals surface area contributed by atoms with Crippen molar-refractivity contribution in [2.45, 2.75) is 37.1 Å². The maximum Gasteiger partial charge on any atom is 0.243 e. The smallest absolute Gasteiger partial charge is 0.243 e. The Hall–Kier alpha value is -1.15. The quantitative estimate of drug-likeness (QED) is 0.848. The molecule has 1 saturated heterocycles. The number of hydrogen-bond acceptors (Lipinski definition) is 4. The first-order valence-corrected chi connectivity index (χ1v) is 9.50. The van der Waals surface area contributed by atoms with E-state index in [0.717, 1.165) is 24.8 Å². The summed E-state index contributed by atoms with van der Waals surface area (Å²) in [6, 6.07) is 4.91. The highest BCUT2D eigenvalue weighted by molar-refractivity contribution is 7.89. The first-order valence-electron chi connectivity index (χ1n) is 8.06. The monoisotopic (exact) mass is 373 g/mol. The summed E-state index contributed by atoms with van der Waals surface area (Å²) in [7, 11) is -3.49. The van der Waals surface area contributed by atoms with Gasteiger partial charge in [-0.3, -0.25) is 4.79 Å². The van der Waals surface area contributed by atoms with Gasteiger partial charge in [0.2, 0.25) is 15.9 Å². The number of carbonyl (C=O) groups is 1. The van der Waals surface area contributed by atoms with E-state index in [2.05, 4.69) is 0 Å². The van der Waals surface area contributed by atoms with Gasteiger partial charge in [-0.05, 0) is 49.4 Å². The molecule has 1 atom stereocenters. The van der Waals surface area contributed by atoms with Gasteiger partial charge in [-0.15, -0.1) is 12.4 Å². The SMILES string of the molecule is CC(N)C(=O)N1CCN(S(=O)(=O)c2ccc3c(c2)CCC3)CC1.Cl. The molecule has 1 aromatic rings. The number of fused-ring (bicyclic) bond motifs is 1. The molecule has 8 heteroatoms. The number of benzene rings is 1. The Bertz CT molecular complexity index is 713. The van der Waals surface area contributed by atoms with Crippen molar-refractivity contribution >= 4 is 28.3 Å². The lowest BCUT2D eigenvalue weighted by Crippen LogP contribution is -2.53. The number of halogens is 1. The van der Waals surface area contributed by atoms with Gasteiger partial charge in [0.25, 0.3) is 0 Å². The third-order valence-electron chi connectivity index (χ3n) is 4.65. The summed E-state index contributed by atoms with van der Waals surface area (Å²) < 4.78 is 27.1. The van der Waals surface area contributed by atoms with Gasteiger partial charge in [0.1, 0.15) is 0 Å². The topological polar surface area (TPSA) is 83.7 Å². The average Bonchev–Trinajstić information content (AvgIpc) is 3.01. The van der Waals surface area contributed by atoms with E-state index in [4.69, 9.17) is 5.73 Å². The lowest BCUT2D eigenvalue weighted by molar-refractivity contribution is -0.133. The fourth-order valence-electron chi connectivity index (χ4n) is 3.29. The molecule has 1 unspecified atom stereocenters. The maximum absolute atomic E-state index is 12.8. The summed E-state index contributed by atoms with van der Waals surface area (Å²) in [5.74, 6) is -0.125. The largest absolute Gasteiger partial charge is 0.339 e. The van der Waals surface area contributed by atoms with Gasteiger partial charge < -0.3 is 10.6 Å². The van der Waals surface area contributed by atoms with Crippen molar-refractivity contribution in [2.75, 3.05) is 26.2 Å². The minimum absolute atomic E-state index is 0. The predicted molar refractivity (Wildman–Crippen MR) is 94.7 cm³/mol. The minimum Gasteiger partial charge on any atom is -0.339 e. The molecule has 24 heavy (non-hydrogen) atoms. The third-order valence-corrected chi connectivity index (χ3v) is 6.54. The van der Waals surface area contributed by atoms with Crippen LogP contribution in [0.15, 0.2) is 23.1 Å². The van der Waals surface area contributed by atoms with Crippen molar-refractivity contribution in [1.82, 2.24) is 9.21 Å². The van der Waals surface area contributed by atoms with Gasteiger partial charge in [0.05, 0.1) is 10.9 Å². The summed E-state index contributed by atoms with van der Waals surface area (Å²) in [5.41, 5.74) is 8.02. The normalized spacial score (nSPS) is 19.5. The maximum atomic E-state index is 12.8. The Morgan fingerprint density at radius 2 is 1.75 bits per heavy atom. The van der Waals surface area contributed by atoms with Crippen molar-refractivity contribution < 1.29 is 13.2 Å². The zero-order valence-electron chi connectivity index (χ0n) is 13.8. The number of aryl methyl sites for hydroxylation is 2. The number of hydrogen-bond donors (Lipinski definition) is 1. The highest BCUT2D eigenvalue weighted by atomic mass is 35.5. The van der Waals surface area contributed by atoms with Gasteiger partial charge in [0, 0.05) is 26.2 Å². The standard InChI is InChI=1S/C16H23N3O3S.ClH/c1-12(17)16(20)18-7-9-19(10-8-18)23(21,22)15-6-5-13-3-2-4-14(13)11-15;/h5-6,11-12H,2-4,7-10,17H2,1H3;1H. The van der Waals surface area contributed by atoms with E-state index in [0.29, 0.717) is 31.1 Å². The highest BCUT2D eigenvalue weighted by Gasteiger charge is 2.31. The second kappa shape index (κ2) is 7.39. The Kier molecular flexibility index (Phi) is 5.91. The molecule has 1 heterocycles. The summed E-state index contributed by atoms with van der Waals surface area (Å²) in [6.07, 6.45) is 3.08. The van der Waals surface area contributed by atoms with Crippen LogP contribution in [0.4, 0.5) is 0 Å². The molecule has 3 rings (SSSR count). The minimum atomic E-state index is -3.49. The molecule has 1 aliphatic heterocycles. The summed E-state index contributed by atoms with van der Waals surface area (Å²) >= 11 is 0. The van der Waals surface area contributed by atoms with Crippen LogP contribution in [-0.4, -0.2) is 55.8 Å². The van der Waals surface area contributed by atoms with E-state index in [9.17, 15) is 13.2 Å². The predicted octanol–water partition coefficient (Wildman–Crippen LogP) is 0.777. The molecule has 6 nitrogen and oxygen atoms in total. The Balaban J connectivity index is 0.00000208. The van der Waals surface area contributed by atoms with Crippen LogP contribution in [-0.2, 0) is 27.7 Å². The molecule has 0 radical (unpaired) electrons. The van der Waals surface area contributed by atoms with Crippen molar-refractivity contribution in [3.05, 3.63) is 29.3 Å². The molecule has 1 aromatic carbocycles. The Morgan fingerprint density at radius 1 is 1.12 bits per heavy atom. The van der Waals surface area contributed by atoms with Crippen LogP contribution in [0, 0.1) is 0 Å². The summed E-state index contributed by atoms with van der Waals surface area (Å²) in [6.45, 7) is 3.07. The lowest BCUT2D eigenvalue weighted by Gasteiger charge is -2.34. The third kappa shape index (κ3) is 3.59. The average molecular weight is 374 g/mol. The van der Waals surface area contributed by atoms with Gasteiger partial charge in [-0.25, -0.2) is 8.42 Å². The van der Waals surface area contributed by atoms with Crippen molar-refractivity contribution in [1.29, 1.82) is 0 Å². The fourth-order valence-corrected chi connectivity index (χ4v) is 4.77. The van der Waals surface area contributed by atoms with Gasteiger partial charge in [0.15, 0.2) is 0 Å². The first-order chi connectivity index (χ1) is 10.9. The summed E-state index contributed by atoms with van der Waals surface area (Å²) in [4.78, 5) is 13.9. The van der Waals surface area contributed by atoms with Crippen molar-refractivity contribution in [2.24, 2.45) is 5.73 Å². The first kappa shape index (κ1) is 19.2. The molecule has 1 amide bonds. The zero-order valence-corrected chi connectivity index (χ0v) is 15.4. The van der Waals surface area contributed by atoms with Crippen molar-refractivity contribution in [3.63, 3.8) is 0 Å². The summed E-state index contributed by atoms with van der Waals surface area (Å²) in [5, 5.41) is 0. The molecular weight excluding hydrogens is 350 g/mol. The van der Waals surface area contributed by atoms with E-state index in [1.54, 1.807) is 17.9 Å². The van der Waals surface area contributed by atoms with E-state index in [-0.39, 0.29) is 18.3 Å². The molecule has 0 saturated carbocycles. The number of sulfonamides is 1. The molecule has 1 aliphatic carbocycles. The molecule has 0 spiro atoms. The lowest BCUT2D eigenvalue weighted by atomic mass is 10.1. The molecule has 2 aliphatic rings. The Morgan fingerprint density at radius 3 is 2.38 bits per heavy atom. The van der Waals surface area contributed by atoms with E-state index in [1.807, 2.05) is 12.1 Å². The molecule has 134 valence electrons.